The topological polar surface area (TPSA) is 81.5 Å². The van der Waals surface area contributed by atoms with Crippen molar-refractivity contribution in [3.05, 3.63) is 33.9 Å². The summed E-state index contributed by atoms with van der Waals surface area (Å²) in [6, 6.07) is 4.56. The summed E-state index contributed by atoms with van der Waals surface area (Å²) in [5.41, 5.74) is 7.14. The predicted octanol–water partition coefficient (Wildman–Crippen LogP) is 1.14. The Morgan fingerprint density at radius 2 is 2.31 bits per heavy atom. The van der Waals surface area contributed by atoms with E-state index in [4.69, 9.17) is 5.73 Å². The van der Waals surface area contributed by atoms with Gasteiger partial charge in [-0.15, -0.1) is 0 Å². The van der Waals surface area contributed by atoms with E-state index in [9.17, 15) is 10.1 Å². The number of benzene rings is 1. The van der Waals surface area contributed by atoms with Crippen molar-refractivity contribution in [2.45, 2.75) is 6.42 Å². The molecule has 0 aromatic heterocycles. The summed E-state index contributed by atoms with van der Waals surface area (Å²) in [7, 11) is 0. The Labute approximate surface area is 74.0 Å². The van der Waals surface area contributed by atoms with Crippen molar-refractivity contribution in [2.75, 3.05) is 0 Å². The molecule has 1 aromatic carbocycles. The zero-order chi connectivity index (χ0) is 9.42. The maximum Gasteiger partial charge on any atom is 0.269 e. The molecule has 0 unspecified atom stereocenters. The average Bonchev–Trinajstić information content (AvgIpc) is 2.42. The molecule has 66 valence electrons. The van der Waals surface area contributed by atoms with Crippen LogP contribution in [0.15, 0.2) is 23.2 Å². The van der Waals surface area contributed by atoms with Crippen molar-refractivity contribution < 1.29 is 4.92 Å². The predicted molar refractivity (Wildman–Crippen MR) is 48.1 cm³/mol. The summed E-state index contributed by atoms with van der Waals surface area (Å²) < 4.78 is 0. The largest absolute Gasteiger partial charge is 0.387 e. The lowest BCUT2D eigenvalue weighted by Gasteiger charge is -1.95. The van der Waals surface area contributed by atoms with Crippen LogP contribution in [-0.4, -0.2) is 10.8 Å². The van der Waals surface area contributed by atoms with E-state index in [0.29, 0.717) is 12.3 Å². The lowest BCUT2D eigenvalue weighted by molar-refractivity contribution is -0.384. The molecule has 0 radical (unpaired) electrons. The van der Waals surface area contributed by atoms with Gasteiger partial charge in [-0.25, -0.2) is 4.99 Å². The van der Waals surface area contributed by atoms with Gasteiger partial charge in [0.2, 0.25) is 0 Å². The van der Waals surface area contributed by atoms with Gasteiger partial charge in [-0.05, 0) is 11.6 Å². The first-order valence-corrected chi connectivity index (χ1v) is 3.77. The molecule has 0 atom stereocenters. The fourth-order valence-corrected chi connectivity index (χ4v) is 1.33. The molecule has 1 aliphatic heterocycles. The summed E-state index contributed by atoms with van der Waals surface area (Å²) in [6.45, 7) is 0. The first-order chi connectivity index (χ1) is 6.16. The zero-order valence-corrected chi connectivity index (χ0v) is 6.73. The van der Waals surface area contributed by atoms with Gasteiger partial charge in [-0.3, -0.25) is 10.1 Å². The Bertz CT molecular complexity index is 412. The molecule has 0 bridgehead atoms. The van der Waals surface area contributed by atoms with Crippen molar-refractivity contribution in [1.29, 1.82) is 0 Å². The summed E-state index contributed by atoms with van der Waals surface area (Å²) in [5.74, 6) is 0.510. The van der Waals surface area contributed by atoms with Gasteiger partial charge in [-0.2, -0.15) is 0 Å². The second kappa shape index (κ2) is 2.55. The van der Waals surface area contributed by atoms with Crippen LogP contribution in [0.5, 0.6) is 0 Å². The number of nitro benzene ring substituents is 1. The van der Waals surface area contributed by atoms with E-state index in [1.54, 1.807) is 6.07 Å². The van der Waals surface area contributed by atoms with Crippen molar-refractivity contribution in [2.24, 2.45) is 10.7 Å². The van der Waals surface area contributed by atoms with Crippen LogP contribution in [0.2, 0.25) is 0 Å². The van der Waals surface area contributed by atoms with Gasteiger partial charge in [-0.1, -0.05) is 0 Å². The smallest absolute Gasteiger partial charge is 0.269 e. The second-order valence-electron chi connectivity index (χ2n) is 2.85. The summed E-state index contributed by atoms with van der Waals surface area (Å²) in [4.78, 5) is 14.0. The van der Waals surface area contributed by atoms with Crippen molar-refractivity contribution in [3.63, 3.8) is 0 Å². The molecule has 1 aliphatic rings. The highest BCUT2D eigenvalue weighted by Crippen LogP contribution is 2.28. The number of non-ortho nitro benzene ring substituents is 1. The molecule has 0 aliphatic carbocycles. The van der Waals surface area contributed by atoms with Crippen molar-refractivity contribution in [3.8, 4) is 0 Å². The Balaban J connectivity index is 2.45. The number of hydrogen-bond donors (Lipinski definition) is 1. The number of aliphatic imine (C=N–C) groups is 1. The molecule has 2 N–H and O–H groups in total. The maximum absolute atomic E-state index is 10.4. The maximum atomic E-state index is 10.4. The summed E-state index contributed by atoms with van der Waals surface area (Å²) in [5, 5.41) is 10.4. The highest BCUT2D eigenvalue weighted by molar-refractivity contribution is 5.91. The zero-order valence-electron chi connectivity index (χ0n) is 6.73. The number of hydrogen-bond acceptors (Lipinski definition) is 4. The van der Waals surface area contributed by atoms with Crippen LogP contribution in [-0.2, 0) is 6.42 Å². The standard InChI is InChI=1S/C8H7N3O2/c9-8-4-5-3-6(11(12)13)1-2-7(5)10-8/h1-3H,4H2,(H2,9,10). The van der Waals surface area contributed by atoms with Gasteiger partial charge >= 0.3 is 0 Å². The molecular formula is C8H7N3O2. The van der Waals surface area contributed by atoms with Gasteiger partial charge in [0.1, 0.15) is 5.84 Å². The number of rotatable bonds is 1. The molecule has 1 aromatic rings. The van der Waals surface area contributed by atoms with Crippen molar-refractivity contribution in [1.82, 2.24) is 0 Å². The van der Waals surface area contributed by atoms with Crippen molar-refractivity contribution >= 4 is 17.2 Å². The molecule has 0 amide bonds. The van der Waals surface area contributed by atoms with Crippen LogP contribution in [0.1, 0.15) is 5.56 Å². The number of fused-ring (bicyclic) bond motifs is 1. The van der Waals surface area contributed by atoms with Gasteiger partial charge in [0, 0.05) is 18.6 Å². The molecule has 2 rings (SSSR count). The molecule has 5 nitrogen and oxygen atoms in total. The first-order valence-electron chi connectivity index (χ1n) is 3.77. The Kier molecular flexibility index (Phi) is 1.51. The molecule has 0 saturated heterocycles. The fraction of sp³-hybridized carbons (Fsp3) is 0.125. The van der Waals surface area contributed by atoms with E-state index < -0.39 is 4.92 Å². The molecule has 13 heavy (non-hydrogen) atoms. The minimum absolute atomic E-state index is 0.0867. The van der Waals surface area contributed by atoms with Gasteiger partial charge < -0.3 is 5.73 Å². The van der Waals surface area contributed by atoms with E-state index in [1.165, 1.54) is 12.1 Å². The van der Waals surface area contributed by atoms with E-state index >= 15 is 0 Å². The van der Waals surface area contributed by atoms with Gasteiger partial charge in [0.25, 0.3) is 5.69 Å². The van der Waals surface area contributed by atoms with E-state index in [0.717, 1.165) is 11.3 Å². The first kappa shape index (κ1) is 7.72. The Hall–Kier alpha value is -1.91. The third-order valence-electron chi connectivity index (χ3n) is 1.91. The van der Waals surface area contributed by atoms with Crippen LogP contribution in [0.25, 0.3) is 0 Å². The fourth-order valence-electron chi connectivity index (χ4n) is 1.33. The third kappa shape index (κ3) is 1.24. The van der Waals surface area contributed by atoms with E-state index in [2.05, 4.69) is 4.99 Å². The Morgan fingerprint density at radius 3 is 3.00 bits per heavy atom. The monoisotopic (exact) mass is 177 g/mol. The molecule has 0 saturated carbocycles. The number of nitrogens with zero attached hydrogens (tertiary/aromatic N) is 2. The molecule has 5 heteroatoms. The quantitative estimate of drug-likeness (QED) is 0.515. The molecular weight excluding hydrogens is 170 g/mol. The lowest BCUT2D eigenvalue weighted by Crippen LogP contribution is -2.09. The highest BCUT2D eigenvalue weighted by Gasteiger charge is 2.15. The van der Waals surface area contributed by atoms with Gasteiger partial charge in [0.05, 0.1) is 10.6 Å². The summed E-state index contributed by atoms with van der Waals surface area (Å²) in [6.07, 6.45) is 0.511. The van der Waals surface area contributed by atoms with Gasteiger partial charge in [0.15, 0.2) is 0 Å². The van der Waals surface area contributed by atoms with Crippen LogP contribution in [0.4, 0.5) is 11.4 Å². The minimum atomic E-state index is -0.422. The third-order valence-corrected chi connectivity index (χ3v) is 1.91. The lowest BCUT2D eigenvalue weighted by atomic mass is 10.1. The van der Waals surface area contributed by atoms with Crippen LogP contribution in [0.3, 0.4) is 0 Å². The minimum Gasteiger partial charge on any atom is -0.387 e. The van der Waals surface area contributed by atoms with Crippen LogP contribution >= 0.6 is 0 Å². The highest BCUT2D eigenvalue weighted by atomic mass is 16.6. The summed E-state index contributed by atoms with van der Waals surface area (Å²) >= 11 is 0. The average molecular weight is 177 g/mol. The van der Waals surface area contributed by atoms with E-state index in [-0.39, 0.29) is 5.69 Å². The Morgan fingerprint density at radius 1 is 1.54 bits per heavy atom. The number of nitrogens with two attached hydrogens (primary N) is 1. The molecule has 0 fully saturated rings. The van der Waals surface area contributed by atoms with E-state index in [1.807, 2.05) is 0 Å². The normalized spacial score (nSPS) is 13.7. The molecule has 0 spiro atoms. The second-order valence-corrected chi connectivity index (χ2v) is 2.85. The van der Waals surface area contributed by atoms with Crippen LogP contribution < -0.4 is 5.73 Å². The van der Waals surface area contributed by atoms with Crippen LogP contribution in [0, 0.1) is 10.1 Å². The number of nitro groups is 1. The SMILES string of the molecule is NC1=Nc2ccc([N+](=O)[O-])cc2C1. The number of amidine groups is 1. The molecule has 1 heterocycles.